The minimum Gasteiger partial charge on any atom is -0.383 e. The first-order chi connectivity index (χ1) is 11.8. The van der Waals surface area contributed by atoms with Gasteiger partial charge in [0.05, 0.1) is 4.90 Å². The number of hydrogen-bond donors (Lipinski definition) is 1. The summed E-state index contributed by atoms with van der Waals surface area (Å²) in [5.41, 5.74) is 2.05. The summed E-state index contributed by atoms with van der Waals surface area (Å²) in [6.07, 6.45) is 0.845. The van der Waals surface area contributed by atoms with Gasteiger partial charge in [-0.25, -0.2) is 8.42 Å². The standard InChI is InChI=1S/C20H26N2O2S/c1-16-9-11-19(12-10-16)25(23,24)22-15-20(2,3)13-18(22)14-21-17-7-5-4-6-8-17/h4-12,18,21H,13-15H2,1-3H3. The van der Waals surface area contributed by atoms with Crippen molar-refractivity contribution in [1.29, 1.82) is 0 Å². The fourth-order valence-corrected chi connectivity index (χ4v) is 5.26. The summed E-state index contributed by atoms with van der Waals surface area (Å²) in [6.45, 7) is 7.38. The lowest BCUT2D eigenvalue weighted by Gasteiger charge is -2.25. The maximum atomic E-state index is 13.2. The summed E-state index contributed by atoms with van der Waals surface area (Å²) in [5, 5.41) is 3.38. The van der Waals surface area contributed by atoms with E-state index in [1.807, 2.05) is 49.4 Å². The van der Waals surface area contributed by atoms with Gasteiger partial charge in [0.2, 0.25) is 10.0 Å². The Kier molecular flexibility index (Phi) is 4.89. The lowest BCUT2D eigenvalue weighted by molar-refractivity contribution is 0.369. The van der Waals surface area contributed by atoms with E-state index in [2.05, 4.69) is 19.2 Å². The predicted molar refractivity (Wildman–Crippen MR) is 102 cm³/mol. The van der Waals surface area contributed by atoms with Crippen LogP contribution >= 0.6 is 0 Å². The molecular weight excluding hydrogens is 332 g/mol. The molecule has 1 aliphatic heterocycles. The highest BCUT2D eigenvalue weighted by molar-refractivity contribution is 7.89. The van der Waals surface area contributed by atoms with E-state index in [1.54, 1.807) is 16.4 Å². The van der Waals surface area contributed by atoms with E-state index in [0.29, 0.717) is 18.0 Å². The molecule has 5 heteroatoms. The van der Waals surface area contributed by atoms with E-state index < -0.39 is 10.0 Å². The Balaban J connectivity index is 1.82. The number of sulfonamides is 1. The molecule has 1 unspecified atom stereocenters. The highest BCUT2D eigenvalue weighted by atomic mass is 32.2. The maximum Gasteiger partial charge on any atom is 0.243 e. The molecule has 0 bridgehead atoms. The topological polar surface area (TPSA) is 49.4 Å². The number of nitrogens with one attached hydrogen (secondary N) is 1. The lowest BCUT2D eigenvalue weighted by Crippen LogP contribution is -2.39. The van der Waals surface area contributed by atoms with Gasteiger partial charge in [-0.3, -0.25) is 0 Å². The molecule has 0 radical (unpaired) electrons. The zero-order valence-electron chi connectivity index (χ0n) is 15.1. The molecule has 1 aliphatic rings. The largest absolute Gasteiger partial charge is 0.383 e. The Hall–Kier alpha value is -1.85. The number of benzene rings is 2. The van der Waals surface area contributed by atoms with Crippen LogP contribution in [0.2, 0.25) is 0 Å². The summed E-state index contributed by atoms with van der Waals surface area (Å²) in [5.74, 6) is 0. The minimum absolute atomic E-state index is 0.0270. The molecule has 1 fully saturated rings. The molecule has 1 atom stereocenters. The molecule has 1 saturated heterocycles. The van der Waals surface area contributed by atoms with Crippen LogP contribution in [0.15, 0.2) is 59.5 Å². The van der Waals surface area contributed by atoms with E-state index in [9.17, 15) is 8.42 Å². The third-order valence-electron chi connectivity index (χ3n) is 4.72. The van der Waals surface area contributed by atoms with Gasteiger partial charge < -0.3 is 5.32 Å². The Morgan fingerprint density at radius 3 is 2.36 bits per heavy atom. The minimum atomic E-state index is -3.49. The summed E-state index contributed by atoms with van der Waals surface area (Å²) in [6, 6.07) is 17.0. The molecule has 2 aromatic carbocycles. The highest BCUT2D eigenvalue weighted by Gasteiger charge is 2.43. The Bertz CT molecular complexity index is 815. The van der Waals surface area contributed by atoms with Crippen molar-refractivity contribution in [3.8, 4) is 0 Å². The molecule has 134 valence electrons. The van der Waals surface area contributed by atoms with Gasteiger partial charge in [-0.15, -0.1) is 0 Å². The first-order valence-corrected chi connectivity index (χ1v) is 10.1. The van der Waals surface area contributed by atoms with Gasteiger partial charge in [0.25, 0.3) is 0 Å². The van der Waals surface area contributed by atoms with Crippen molar-refractivity contribution in [2.45, 2.75) is 38.1 Å². The van der Waals surface area contributed by atoms with Gasteiger partial charge in [-0.2, -0.15) is 4.31 Å². The van der Waals surface area contributed by atoms with E-state index in [4.69, 9.17) is 0 Å². The number of aryl methyl sites for hydroxylation is 1. The molecule has 1 N–H and O–H groups in total. The molecule has 0 aliphatic carbocycles. The van der Waals surface area contributed by atoms with Crippen molar-refractivity contribution < 1.29 is 8.42 Å². The highest BCUT2D eigenvalue weighted by Crippen LogP contribution is 2.37. The monoisotopic (exact) mass is 358 g/mol. The van der Waals surface area contributed by atoms with Gasteiger partial charge in [0.15, 0.2) is 0 Å². The quantitative estimate of drug-likeness (QED) is 0.882. The first-order valence-electron chi connectivity index (χ1n) is 8.65. The van der Waals surface area contributed by atoms with Crippen molar-refractivity contribution in [3.05, 3.63) is 60.2 Å². The molecule has 0 amide bonds. The summed E-state index contributed by atoms with van der Waals surface area (Å²) < 4.78 is 28.0. The van der Waals surface area contributed by atoms with Gasteiger partial charge in [0.1, 0.15) is 0 Å². The molecular formula is C20H26N2O2S. The van der Waals surface area contributed by atoms with E-state index in [0.717, 1.165) is 17.7 Å². The fourth-order valence-electron chi connectivity index (χ4n) is 3.45. The molecule has 0 saturated carbocycles. The van der Waals surface area contributed by atoms with Gasteiger partial charge in [-0.05, 0) is 43.0 Å². The van der Waals surface area contributed by atoms with E-state index >= 15 is 0 Å². The molecule has 0 aromatic heterocycles. The maximum absolute atomic E-state index is 13.2. The number of para-hydroxylation sites is 1. The Morgan fingerprint density at radius 2 is 1.72 bits per heavy atom. The summed E-state index contributed by atoms with van der Waals surface area (Å²) in [4.78, 5) is 0.375. The van der Waals surface area contributed by atoms with Crippen LogP contribution in [0.5, 0.6) is 0 Å². The Labute approximate surface area is 150 Å². The van der Waals surface area contributed by atoms with Gasteiger partial charge >= 0.3 is 0 Å². The third kappa shape index (κ3) is 4.05. The second-order valence-corrected chi connectivity index (χ2v) is 9.52. The molecule has 4 nitrogen and oxygen atoms in total. The molecule has 1 heterocycles. The van der Waals surface area contributed by atoms with Crippen LogP contribution in [0, 0.1) is 12.3 Å². The zero-order valence-corrected chi connectivity index (χ0v) is 15.9. The van der Waals surface area contributed by atoms with Crippen molar-refractivity contribution in [1.82, 2.24) is 4.31 Å². The predicted octanol–water partition coefficient (Wildman–Crippen LogP) is 3.90. The SMILES string of the molecule is Cc1ccc(S(=O)(=O)N2CC(C)(C)CC2CNc2ccccc2)cc1. The number of rotatable bonds is 5. The molecule has 2 aromatic rings. The average molecular weight is 359 g/mol. The van der Waals surface area contributed by atoms with E-state index in [-0.39, 0.29) is 11.5 Å². The van der Waals surface area contributed by atoms with Crippen LogP contribution in [-0.2, 0) is 10.0 Å². The molecule has 0 spiro atoms. The Morgan fingerprint density at radius 1 is 1.08 bits per heavy atom. The average Bonchev–Trinajstić information content (AvgIpc) is 2.90. The lowest BCUT2D eigenvalue weighted by atomic mass is 9.91. The number of anilines is 1. The normalized spacial score (nSPS) is 20.5. The van der Waals surface area contributed by atoms with Crippen LogP contribution in [0.1, 0.15) is 25.8 Å². The second-order valence-electron chi connectivity index (χ2n) is 7.63. The summed E-state index contributed by atoms with van der Waals surface area (Å²) in [7, 11) is -3.49. The van der Waals surface area contributed by atoms with E-state index in [1.165, 1.54) is 0 Å². The first kappa shape index (κ1) is 18.0. The van der Waals surface area contributed by atoms with Crippen LogP contribution in [0.4, 0.5) is 5.69 Å². The second kappa shape index (κ2) is 6.81. The third-order valence-corrected chi connectivity index (χ3v) is 6.64. The van der Waals surface area contributed by atoms with Crippen LogP contribution in [-0.4, -0.2) is 31.9 Å². The molecule has 25 heavy (non-hydrogen) atoms. The number of nitrogens with zero attached hydrogens (tertiary/aromatic N) is 1. The van der Waals surface area contributed by atoms with Crippen molar-refractivity contribution in [3.63, 3.8) is 0 Å². The van der Waals surface area contributed by atoms with Crippen LogP contribution in [0.3, 0.4) is 0 Å². The van der Waals surface area contributed by atoms with Crippen LogP contribution in [0.25, 0.3) is 0 Å². The van der Waals surface area contributed by atoms with Crippen molar-refractivity contribution in [2.75, 3.05) is 18.4 Å². The van der Waals surface area contributed by atoms with Gasteiger partial charge in [0, 0.05) is 24.8 Å². The molecule has 3 rings (SSSR count). The fraction of sp³-hybridized carbons (Fsp3) is 0.400. The zero-order chi connectivity index (χ0) is 18.1. The van der Waals surface area contributed by atoms with Crippen molar-refractivity contribution in [2.24, 2.45) is 5.41 Å². The summed E-state index contributed by atoms with van der Waals surface area (Å²) >= 11 is 0. The van der Waals surface area contributed by atoms with Crippen LogP contribution < -0.4 is 5.32 Å². The van der Waals surface area contributed by atoms with Gasteiger partial charge in [-0.1, -0.05) is 49.7 Å². The van der Waals surface area contributed by atoms with Crippen molar-refractivity contribution >= 4 is 15.7 Å². The smallest absolute Gasteiger partial charge is 0.243 e. The number of hydrogen-bond acceptors (Lipinski definition) is 3.